The number of hydrogen-bond acceptors (Lipinski definition) is 0. The van der Waals surface area contributed by atoms with Crippen molar-refractivity contribution in [3.05, 3.63) is 103 Å². The summed E-state index contributed by atoms with van der Waals surface area (Å²) in [6, 6.07) is 37.1. The zero-order chi connectivity index (χ0) is 21.7. The van der Waals surface area contributed by atoms with Gasteiger partial charge < -0.3 is 9.55 Å². The van der Waals surface area contributed by atoms with Gasteiger partial charge in [0.1, 0.15) is 0 Å². The summed E-state index contributed by atoms with van der Waals surface area (Å²) < 4.78 is 2.39. The summed E-state index contributed by atoms with van der Waals surface area (Å²) in [5, 5.41) is 7.73. The fourth-order valence-corrected chi connectivity index (χ4v) is 5.00. The molecule has 0 saturated carbocycles. The van der Waals surface area contributed by atoms with Gasteiger partial charge in [0.15, 0.2) is 0 Å². The van der Waals surface area contributed by atoms with Gasteiger partial charge in [-0.3, -0.25) is 0 Å². The third-order valence-electron chi connectivity index (χ3n) is 6.31. The largest absolute Gasteiger partial charge is 0.354 e. The average Bonchev–Trinajstić information content (AvgIpc) is 3.40. The molecule has 2 heteroatoms. The first-order chi connectivity index (χ1) is 15.9. The maximum absolute atomic E-state index is 3.59. The number of aromatic amines is 1. The predicted octanol–water partition coefficient (Wildman–Crippen LogP) is 8.60. The monoisotopic (exact) mass is 412 g/mol. The average molecular weight is 413 g/mol. The van der Waals surface area contributed by atoms with Crippen LogP contribution in [0, 0.1) is 0 Å². The second-order valence-corrected chi connectivity index (χ2v) is 7.93. The van der Waals surface area contributed by atoms with Crippen LogP contribution in [0.4, 0.5) is 0 Å². The first-order valence-corrected chi connectivity index (χ1v) is 11.3. The normalized spacial score (nSPS) is 11.4. The van der Waals surface area contributed by atoms with Crippen LogP contribution in [0.25, 0.3) is 60.1 Å². The van der Waals surface area contributed by atoms with E-state index in [1.54, 1.807) is 0 Å². The number of nitrogens with zero attached hydrogens (tertiary/aromatic N) is 1. The molecule has 7 rings (SSSR count). The fourth-order valence-electron chi connectivity index (χ4n) is 5.00. The summed E-state index contributed by atoms with van der Waals surface area (Å²) in [5.74, 6) is 0. The molecular weight excluding hydrogens is 388 g/mol. The van der Waals surface area contributed by atoms with Crippen LogP contribution in [-0.2, 0) is 0 Å². The maximum Gasteiger partial charge on any atom is 0.0547 e. The number of H-pyrrole nitrogens is 1. The highest BCUT2D eigenvalue weighted by Gasteiger charge is 2.15. The van der Waals surface area contributed by atoms with Crippen molar-refractivity contribution in [1.29, 1.82) is 0 Å². The molecule has 2 aromatic heterocycles. The van der Waals surface area contributed by atoms with E-state index in [0.717, 1.165) is 0 Å². The first kappa shape index (κ1) is 18.7. The van der Waals surface area contributed by atoms with Gasteiger partial charge in [0.05, 0.1) is 11.0 Å². The van der Waals surface area contributed by atoms with Gasteiger partial charge in [-0.25, -0.2) is 0 Å². The number of fused-ring (bicyclic) bond motifs is 8. The van der Waals surface area contributed by atoms with Crippen molar-refractivity contribution in [3.63, 3.8) is 0 Å². The summed E-state index contributed by atoms with van der Waals surface area (Å²) in [6.07, 6.45) is 0. The minimum Gasteiger partial charge on any atom is -0.354 e. The van der Waals surface area contributed by atoms with E-state index < -0.39 is 0 Å². The molecule has 2 heterocycles. The van der Waals surface area contributed by atoms with Crippen LogP contribution < -0.4 is 0 Å². The second kappa shape index (κ2) is 7.28. The second-order valence-electron chi connectivity index (χ2n) is 7.93. The molecule has 0 aliphatic heterocycles. The summed E-state index contributed by atoms with van der Waals surface area (Å²) in [4.78, 5) is 3.59. The van der Waals surface area contributed by atoms with E-state index in [-0.39, 0.29) is 0 Å². The molecule has 0 amide bonds. The van der Waals surface area contributed by atoms with E-state index >= 15 is 0 Å². The van der Waals surface area contributed by atoms with Crippen molar-refractivity contribution in [2.45, 2.75) is 13.8 Å². The van der Waals surface area contributed by atoms with Crippen molar-refractivity contribution in [3.8, 4) is 5.69 Å². The molecular formula is C30H24N2. The number of rotatable bonds is 1. The van der Waals surface area contributed by atoms with E-state index in [4.69, 9.17) is 0 Å². The van der Waals surface area contributed by atoms with E-state index in [9.17, 15) is 0 Å². The molecule has 7 aromatic rings. The smallest absolute Gasteiger partial charge is 0.0547 e. The highest BCUT2D eigenvalue weighted by molar-refractivity contribution is 6.21. The van der Waals surface area contributed by atoms with E-state index in [1.165, 1.54) is 60.1 Å². The molecule has 0 atom stereocenters. The van der Waals surface area contributed by atoms with Crippen LogP contribution >= 0.6 is 0 Å². The van der Waals surface area contributed by atoms with Crippen molar-refractivity contribution in [1.82, 2.24) is 9.55 Å². The highest BCUT2D eigenvalue weighted by atomic mass is 15.0. The summed E-state index contributed by atoms with van der Waals surface area (Å²) in [5.41, 5.74) is 6.00. The van der Waals surface area contributed by atoms with Crippen LogP contribution in [0.3, 0.4) is 0 Å². The molecule has 0 saturated heterocycles. The molecule has 0 aliphatic rings. The van der Waals surface area contributed by atoms with Gasteiger partial charge in [-0.2, -0.15) is 0 Å². The number of hydrogen-bond donors (Lipinski definition) is 1. The zero-order valence-corrected chi connectivity index (χ0v) is 18.3. The lowest BCUT2D eigenvalue weighted by atomic mass is 10.0. The van der Waals surface area contributed by atoms with Gasteiger partial charge in [0.25, 0.3) is 0 Å². The lowest BCUT2D eigenvalue weighted by molar-refractivity contribution is 1.18. The molecule has 0 spiro atoms. The van der Waals surface area contributed by atoms with Gasteiger partial charge in [0, 0.05) is 38.3 Å². The molecule has 154 valence electrons. The lowest BCUT2D eigenvalue weighted by Crippen LogP contribution is -1.93. The number of aromatic nitrogens is 2. The molecule has 5 aromatic carbocycles. The van der Waals surface area contributed by atoms with Crippen molar-refractivity contribution >= 4 is 54.4 Å². The molecule has 2 nitrogen and oxygen atoms in total. The van der Waals surface area contributed by atoms with Gasteiger partial charge in [-0.1, -0.05) is 86.6 Å². The molecule has 0 bridgehead atoms. The standard InChI is InChI=1S/C28H18N2.C2H6/c1-2-8-20-18(7-1)13-16-27-28(20)23-10-4-6-12-26(23)30(27)19-14-15-22-21-9-3-5-11-24(21)29-25(22)17-19;1-2/h1-17,29H;1-2H3. The van der Waals surface area contributed by atoms with Crippen molar-refractivity contribution < 1.29 is 0 Å². The molecule has 0 fully saturated rings. The fraction of sp³-hybridized carbons (Fsp3) is 0.0667. The summed E-state index contributed by atoms with van der Waals surface area (Å²) in [7, 11) is 0. The minimum atomic E-state index is 1.17. The third-order valence-corrected chi connectivity index (χ3v) is 6.31. The van der Waals surface area contributed by atoms with Crippen LogP contribution in [0.2, 0.25) is 0 Å². The maximum atomic E-state index is 3.59. The number of nitrogens with one attached hydrogen (secondary N) is 1. The Bertz CT molecular complexity index is 1750. The quantitative estimate of drug-likeness (QED) is 0.279. The Morgan fingerprint density at radius 3 is 2.09 bits per heavy atom. The molecule has 0 radical (unpaired) electrons. The Balaban J connectivity index is 0.000000953. The molecule has 1 N–H and O–H groups in total. The van der Waals surface area contributed by atoms with Gasteiger partial charge in [-0.15, -0.1) is 0 Å². The molecule has 32 heavy (non-hydrogen) atoms. The highest BCUT2D eigenvalue weighted by Crippen LogP contribution is 2.37. The van der Waals surface area contributed by atoms with Gasteiger partial charge in [-0.05, 0) is 41.1 Å². The SMILES string of the molecule is CC.c1ccc2c(c1)ccc1c2c2ccccc2n1-c1ccc2c(c1)[nH]c1ccccc12. The van der Waals surface area contributed by atoms with Crippen molar-refractivity contribution in [2.24, 2.45) is 0 Å². The Kier molecular flexibility index (Phi) is 4.26. The minimum absolute atomic E-state index is 1.17. The van der Waals surface area contributed by atoms with E-state index in [1.807, 2.05) is 13.8 Å². The Morgan fingerprint density at radius 1 is 0.531 bits per heavy atom. The van der Waals surface area contributed by atoms with E-state index in [2.05, 4.69) is 113 Å². The Labute approximate surface area is 186 Å². The topological polar surface area (TPSA) is 20.7 Å². The predicted molar refractivity (Wildman–Crippen MR) is 139 cm³/mol. The Hall–Kier alpha value is -4.04. The van der Waals surface area contributed by atoms with Gasteiger partial charge >= 0.3 is 0 Å². The lowest BCUT2D eigenvalue weighted by Gasteiger charge is -2.08. The molecule has 0 aliphatic carbocycles. The van der Waals surface area contributed by atoms with Crippen LogP contribution in [0.5, 0.6) is 0 Å². The molecule has 0 unspecified atom stereocenters. The van der Waals surface area contributed by atoms with Crippen LogP contribution in [-0.4, -0.2) is 9.55 Å². The van der Waals surface area contributed by atoms with Crippen LogP contribution in [0.1, 0.15) is 13.8 Å². The first-order valence-electron chi connectivity index (χ1n) is 11.3. The zero-order valence-electron chi connectivity index (χ0n) is 18.3. The number of benzene rings is 5. The summed E-state index contributed by atoms with van der Waals surface area (Å²) >= 11 is 0. The summed E-state index contributed by atoms with van der Waals surface area (Å²) in [6.45, 7) is 4.00. The Morgan fingerprint density at radius 2 is 1.22 bits per heavy atom. The third kappa shape index (κ3) is 2.59. The van der Waals surface area contributed by atoms with Gasteiger partial charge in [0.2, 0.25) is 0 Å². The van der Waals surface area contributed by atoms with E-state index in [0.29, 0.717) is 0 Å². The van der Waals surface area contributed by atoms with Crippen molar-refractivity contribution in [2.75, 3.05) is 0 Å². The number of para-hydroxylation sites is 2. The van der Waals surface area contributed by atoms with Crippen LogP contribution in [0.15, 0.2) is 103 Å².